The number of carbonyl (C=O) groups is 1. The van der Waals surface area contributed by atoms with Crippen molar-refractivity contribution in [1.82, 2.24) is 24.1 Å². The van der Waals surface area contributed by atoms with E-state index >= 15 is 0 Å². The summed E-state index contributed by atoms with van der Waals surface area (Å²) in [7, 11) is 2.13. The van der Waals surface area contributed by atoms with Gasteiger partial charge in [-0.2, -0.15) is 5.10 Å². The van der Waals surface area contributed by atoms with Gasteiger partial charge in [0.2, 0.25) is 0 Å². The SMILES string of the molecule is CCn1cc2c(N3CCN(C)CC3)ccc(C(=O)Nc3cc(F)c4nc(C)cn4c3)c2n1. The van der Waals surface area contributed by atoms with Crippen LogP contribution in [0, 0.1) is 12.7 Å². The van der Waals surface area contributed by atoms with E-state index in [1.165, 1.54) is 6.07 Å². The zero-order valence-corrected chi connectivity index (χ0v) is 18.5. The topological polar surface area (TPSA) is 70.7 Å². The Hall–Kier alpha value is -3.46. The Balaban J connectivity index is 1.50. The maximum atomic E-state index is 14.4. The number of hydrogen-bond acceptors (Lipinski definition) is 5. The van der Waals surface area contributed by atoms with Gasteiger partial charge in [0.15, 0.2) is 11.5 Å². The van der Waals surface area contributed by atoms with E-state index in [1.807, 2.05) is 29.9 Å². The number of aryl methyl sites for hydroxylation is 2. The Kier molecular flexibility index (Phi) is 5.05. The summed E-state index contributed by atoms with van der Waals surface area (Å²) in [6, 6.07) is 5.10. The van der Waals surface area contributed by atoms with Gasteiger partial charge < -0.3 is 19.5 Å². The highest BCUT2D eigenvalue weighted by Crippen LogP contribution is 2.30. The molecule has 166 valence electrons. The lowest BCUT2D eigenvalue weighted by atomic mass is 10.1. The molecule has 32 heavy (non-hydrogen) atoms. The van der Waals surface area contributed by atoms with E-state index in [4.69, 9.17) is 0 Å². The minimum absolute atomic E-state index is 0.237. The van der Waals surface area contributed by atoms with Gasteiger partial charge in [0.05, 0.1) is 16.9 Å². The second-order valence-electron chi connectivity index (χ2n) is 8.31. The average molecular weight is 436 g/mol. The second-order valence-corrected chi connectivity index (χ2v) is 8.31. The molecule has 0 atom stereocenters. The van der Waals surface area contributed by atoms with Gasteiger partial charge >= 0.3 is 0 Å². The van der Waals surface area contributed by atoms with Crippen LogP contribution in [0.15, 0.2) is 36.8 Å². The summed E-state index contributed by atoms with van der Waals surface area (Å²) in [4.78, 5) is 22.0. The lowest BCUT2D eigenvalue weighted by Crippen LogP contribution is -2.44. The van der Waals surface area contributed by atoms with E-state index in [1.54, 1.807) is 23.7 Å². The smallest absolute Gasteiger partial charge is 0.257 e. The molecule has 5 rings (SSSR count). The molecule has 1 aliphatic heterocycles. The van der Waals surface area contributed by atoms with Crippen LogP contribution >= 0.6 is 0 Å². The number of imidazole rings is 1. The van der Waals surface area contributed by atoms with E-state index in [0.29, 0.717) is 29.0 Å². The van der Waals surface area contributed by atoms with Gasteiger partial charge in [-0.25, -0.2) is 9.37 Å². The zero-order chi connectivity index (χ0) is 22.4. The Morgan fingerprint density at radius 1 is 1.16 bits per heavy atom. The van der Waals surface area contributed by atoms with Crippen molar-refractivity contribution in [3.8, 4) is 0 Å². The molecule has 0 saturated carbocycles. The minimum Gasteiger partial charge on any atom is -0.368 e. The third-order valence-electron chi connectivity index (χ3n) is 6.00. The van der Waals surface area contributed by atoms with Crippen LogP contribution < -0.4 is 10.2 Å². The standard InChI is InChI=1S/C23H26FN7O/c1-4-31-14-18-20(29-9-7-28(3)8-10-29)6-5-17(21(18)27-31)23(32)26-16-11-19(24)22-25-15(2)12-30(22)13-16/h5-6,11-14H,4,7-10H2,1-3H3,(H,26,32). The van der Waals surface area contributed by atoms with Gasteiger partial charge in [0.1, 0.15) is 5.52 Å². The van der Waals surface area contributed by atoms with Gasteiger partial charge in [0, 0.05) is 68.5 Å². The number of amides is 1. The lowest BCUT2D eigenvalue weighted by molar-refractivity contribution is 0.102. The number of nitrogens with one attached hydrogen (secondary N) is 1. The number of pyridine rings is 1. The predicted octanol–water partition coefficient (Wildman–Crippen LogP) is 3.16. The molecular formula is C23H26FN7O. The van der Waals surface area contributed by atoms with Gasteiger partial charge in [-0.05, 0) is 33.0 Å². The third kappa shape index (κ3) is 3.58. The first kappa shape index (κ1) is 20.4. The van der Waals surface area contributed by atoms with Crippen molar-refractivity contribution < 1.29 is 9.18 Å². The summed E-state index contributed by atoms with van der Waals surface area (Å²) in [5.41, 5.74) is 3.52. The third-order valence-corrected chi connectivity index (χ3v) is 6.00. The highest BCUT2D eigenvalue weighted by molar-refractivity contribution is 6.13. The average Bonchev–Trinajstić information content (AvgIpc) is 3.37. The van der Waals surface area contributed by atoms with E-state index in [0.717, 1.165) is 37.3 Å². The van der Waals surface area contributed by atoms with Crippen LogP contribution in [0.2, 0.25) is 0 Å². The van der Waals surface area contributed by atoms with Crippen LogP contribution in [-0.4, -0.2) is 63.2 Å². The molecular weight excluding hydrogens is 409 g/mol. The van der Waals surface area contributed by atoms with E-state index in [-0.39, 0.29) is 11.6 Å². The lowest BCUT2D eigenvalue weighted by Gasteiger charge is -2.34. The van der Waals surface area contributed by atoms with Crippen LogP contribution in [0.4, 0.5) is 15.8 Å². The van der Waals surface area contributed by atoms with Crippen molar-refractivity contribution in [3.63, 3.8) is 0 Å². The molecule has 8 nitrogen and oxygen atoms in total. The molecule has 3 aromatic heterocycles. The number of benzene rings is 1. The molecule has 1 amide bonds. The summed E-state index contributed by atoms with van der Waals surface area (Å²) in [6.07, 6.45) is 5.39. The molecule has 1 aliphatic rings. The quantitative estimate of drug-likeness (QED) is 0.533. The number of carbonyl (C=O) groups excluding carboxylic acids is 1. The van der Waals surface area contributed by atoms with E-state index < -0.39 is 5.82 Å². The molecule has 0 spiro atoms. The van der Waals surface area contributed by atoms with Gasteiger partial charge in [-0.3, -0.25) is 9.48 Å². The molecule has 4 aromatic rings. The maximum absolute atomic E-state index is 14.4. The van der Waals surface area contributed by atoms with Crippen LogP contribution in [0.1, 0.15) is 23.0 Å². The van der Waals surface area contributed by atoms with E-state index in [9.17, 15) is 9.18 Å². The largest absolute Gasteiger partial charge is 0.368 e. The molecule has 1 aromatic carbocycles. The first-order valence-corrected chi connectivity index (χ1v) is 10.8. The number of aromatic nitrogens is 4. The number of hydrogen-bond donors (Lipinski definition) is 1. The van der Waals surface area contributed by atoms with Gasteiger partial charge in [-0.15, -0.1) is 0 Å². The fraction of sp³-hybridized carbons (Fsp3) is 0.348. The number of fused-ring (bicyclic) bond motifs is 2. The number of rotatable bonds is 4. The van der Waals surface area contributed by atoms with Crippen molar-refractivity contribution in [3.05, 3.63) is 53.9 Å². The first-order valence-electron chi connectivity index (χ1n) is 10.8. The molecule has 9 heteroatoms. The number of piperazine rings is 1. The molecule has 0 bridgehead atoms. The first-order chi connectivity index (χ1) is 15.4. The number of anilines is 2. The fourth-order valence-corrected chi connectivity index (χ4v) is 4.25. The second kappa shape index (κ2) is 7.90. The summed E-state index contributed by atoms with van der Waals surface area (Å²) in [5, 5.41) is 8.45. The van der Waals surface area contributed by atoms with Crippen LogP contribution in [0.5, 0.6) is 0 Å². The van der Waals surface area contributed by atoms with Gasteiger partial charge in [-0.1, -0.05) is 0 Å². The maximum Gasteiger partial charge on any atom is 0.257 e. The number of nitrogens with zero attached hydrogens (tertiary/aromatic N) is 6. The molecule has 0 aliphatic carbocycles. The Morgan fingerprint density at radius 3 is 2.69 bits per heavy atom. The molecule has 1 fully saturated rings. The van der Waals surface area contributed by atoms with E-state index in [2.05, 4.69) is 32.2 Å². The Morgan fingerprint density at radius 2 is 1.94 bits per heavy atom. The molecule has 4 heterocycles. The van der Waals surface area contributed by atoms with Crippen LogP contribution in [-0.2, 0) is 6.54 Å². The zero-order valence-electron chi connectivity index (χ0n) is 18.5. The highest BCUT2D eigenvalue weighted by atomic mass is 19.1. The normalized spacial score (nSPS) is 15.1. The van der Waals surface area contributed by atoms with Crippen molar-refractivity contribution in [2.75, 3.05) is 43.4 Å². The van der Waals surface area contributed by atoms with Crippen LogP contribution in [0.3, 0.4) is 0 Å². The van der Waals surface area contributed by atoms with Crippen molar-refractivity contribution in [2.45, 2.75) is 20.4 Å². The summed E-state index contributed by atoms with van der Waals surface area (Å²) in [5.74, 6) is -0.807. The molecule has 0 unspecified atom stereocenters. The number of halogens is 1. The Labute approximate surface area is 185 Å². The summed E-state index contributed by atoms with van der Waals surface area (Å²) >= 11 is 0. The van der Waals surface area contributed by atoms with Gasteiger partial charge in [0.25, 0.3) is 5.91 Å². The number of likely N-dealkylation sites (N-methyl/N-ethyl adjacent to an activating group) is 1. The predicted molar refractivity (Wildman–Crippen MR) is 123 cm³/mol. The molecule has 0 radical (unpaired) electrons. The monoisotopic (exact) mass is 435 g/mol. The van der Waals surface area contributed by atoms with Crippen LogP contribution in [0.25, 0.3) is 16.6 Å². The minimum atomic E-state index is -0.485. The van der Waals surface area contributed by atoms with Crippen molar-refractivity contribution in [1.29, 1.82) is 0 Å². The van der Waals surface area contributed by atoms with Crippen molar-refractivity contribution >= 4 is 33.8 Å². The van der Waals surface area contributed by atoms with Crippen molar-refractivity contribution in [2.24, 2.45) is 0 Å². The highest BCUT2D eigenvalue weighted by Gasteiger charge is 2.22. The molecule has 1 saturated heterocycles. The summed E-state index contributed by atoms with van der Waals surface area (Å²) < 4.78 is 17.9. The fourth-order valence-electron chi connectivity index (χ4n) is 4.25. The Bertz CT molecular complexity index is 1320. The summed E-state index contributed by atoms with van der Waals surface area (Å²) in [6.45, 7) is 8.37. The molecule has 1 N–H and O–H groups in total.